The van der Waals surface area contributed by atoms with Crippen LogP contribution in [-0.2, 0) is 6.61 Å². The van der Waals surface area contributed by atoms with Crippen LogP contribution < -0.4 is 10.1 Å². The van der Waals surface area contributed by atoms with E-state index in [4.69, 9.17) is 4.74 Å². The van der Waals surface area contributed by atoms with Crippen LogP contribution in [0.4, 0.5) is 0 Å². The van der Waals surface area contributed by atoms with Gasteiger partial charge in [-0.2, -0.15) is 0 Å². The first-order valence-corrected chi connectivity index (χ1v) is 7.06. The molecule has 2 N–H and O–H groups in total. The maximum absolute atomic E-state index is 10.0. The van der Waals surface area contributed by atoms with Crippen LogP contribution in [0.1, 0.15) is 17.2 Å². The third-order valence-corrected chi connectivity index (χ3v) is 3.14. The molecule has 2 aromatic carbocycles. The normalized spacial score (nSPS) is 11.9. The van der Waals surface area contributed by atoms with Crippen molar-refractivity contribution in [2.24, 2.45) is 0 Å². The molecule has 0 aliphatic heterocycles. The van der Waals surface area contributed by atoms with Crippen molar-refractivity contribution in [3.8, 4) is 5.75 Å². The van der Waals surface area contributed by atoms with Crippen LogP contribution in [0.25, 0.3) is 0 Å². The van der Waals surface area contributed by atoms with Crippen molar-refractivity contribution in [1.29, 1.82) is 0 Å². The van der Waals surface area contributed by atoms with Crippen LogP contribution in [0.3, 0.4) is 0 Å². The fourth-order valence-corrected chi connectivity index (χ4v) is 1.97. The summed E-state index contributed by atoms with van der Waals surface area (Å²) in [5.41, 5.74) is 2.01. The molecule has 0 saturated carbocycles. The van der Waals surface area contributed by atoms with Crippen LogP contribution in [0.2, 0.25) is 0 Å². The quantitative estimate of drug-likeness (QED) is 0.578. The molecule has 0 aromatic heterocycles. The summed E-state index contributed by atoms with van der Waals surface area (Å²) in [6.07, 6.45) is 1.25. The zero-order chi connectivity index (χ0) is 14.9. The predicted molar refractivity (Wildman–Crippen MR) is 85.2 cm³/mol. The molecule has 110 valence electrons. The van der Waals surface area contributed by atoms with E-state index in [9.17, 15) is 5.11 Å². The average Bonchev–Trinajstić information content (AvgIpc) is 2.54. The van der Waals surface area contributed by atoms with Gasteiger partial charge in [-0.25, -0.2) is 0 Å². The topological polar surface area (TPSA) is 41.5 Å². The van der Waals surface area contributed by atoms with E-state index in [0.29, 0.717) is 19.7 Å². The van der Waals surface area contributed by atoms with E-state index in [-0.39, 0.29) is 0 Å². The summed E-state index contributed by atoms with van der Waals surface area (Å²) in [5, 5.41) is 13.1. The van der Waals surface area contributed by atoms with Gasteiger partial charge in [0.15, 0.2) is 0 Å². The Morgan fingerprint density at radius 2 is 1.81 bits per heavy atom. The molecule has 0 spiro atoms. The molecule has 0 unspecified atom stereocenters. The lowest BCUT2D eigenvalue weighted by Crippen LogP contribution is -2.21. The standard InChI is InChI=1S/C18H21NO2/c1-2-12-19-13-18(20)16-8-10-17(11-9-16)21-14-15-6-4-3-5-7-15/h2-11,18-20H,1,12-14H2/t18-/m1/s1. The van der Waals surface area contributed by atoms with E-state index in [1.54, 1.807) is 6.08 Å². The predicted octanol–water partition coefficient (Wildman–Crippen LogP) is 3.07. The first-order valence-electron chi connectivity index (χ1n) is 7.06. The minimum absolute atomic E-state index is 0.510. The Balaban J connectivity index is 1.85. The third kappa shape index (κ3) is 5.06. The SMILES string of the molecule is C=CCNC[C@@H](O)c1ccc(OCc2ccccc2)cc1. The van der Waals surface area contributed by atoms with Crippen LogP contribution in [0.15, 0.2) is 67.3 Å². The molecule has 0 fully saturated rings. The van der Waals surface area contributed by atoms with E-state index in [1.807, 2.05) is 54.6 Å². The number of hydrogen-bond acceptors (Lipinski definition) is 3. The van der Waals surface area contributed by atoms with Crippen molar-refractivity contribution in [3.63, 3.8) is 0 Å². The number of rotatable bonds is 8. The van der Waals surface area contributed by atoms with E-state index < -0.39 is 6.10 Å². The fraction of sp³-hybridized carbons (Fsp3) is 0.222. The van der Waals surface area contributed by atoms with Gasteiger partial charge < -0.3 is 15.2 Å². The smallest absolute Gasteiger partial charge is 0.119 e. The molecule has 2 rings (SSSR count). The van der Waals surface area contributed by atoms with Crippen LogP contribution in [0, 0.1) is 0 Å². The zero-order valence-electron chi connectivity index (χ0n) is 12.0. The van der Waals surface area contributed by atoms with Crippen LogP contribution in [0.5, 0.6) is 5.75 Å². The molecule has 0 amide bonds. The molecular formula is C18H21NO2. The van der Waals surface area contributed by atoms with Crippen molar-refractivity contribution >= 4 is 0 Å². The van der Waals surface area contributed by atoms with E-state index in [0.717, 1.165) is 16.9 Å². The van der Waals surface area contributed by atoms with Crippen LogP contribution >= 0.6 is 0 Å². The lowest BCUT2D eigenvalue weighted by Gasteiger charge is -2.12. The lowest BCUT2D eigenvalue weighted by molar-refractivity contribution is 0.176. The van der Waals surface area contributed by atoms with Gasteiger partial charge >= 0.3 is 0 Å². The van der Waals surface area contributed by atoms with E-state index in [1.165, 1.54) is 0 Å². The molecule has 2 aromatic rings. The number of nitrogens with one attached hydrogen (secondary N) is 1. The summed E-state index contributed by atoms with van der Waals surface area (Å²) in [6.45, 7) is 5.37. The number of ether oxygens (including phenoxy) is 1. The first kappa shape index (κ1) is 15.3. The van der Waals surface area contributed by atoms with Gasteiger partial charge in [0.05, 0.1) is 6.10 Å². The van der Waals surface area contributed by atoms with Crippen molar-refractivity contribution in [3.05, 3.63) is 78.4 Å². The summed E-state index contributed by atoms with van der Waals surface area (Å²) in [4.78, 5) is 0. The molecule has 0 aliphatic carbocycles. The van der Waals surface area contributed by atoms with Gasteiger partial charge in [-0.1, -0.05) is 48.5 Å². The van der Waals surface area contributed by atoms with Crippen LogP contribution in [-0.4, -0.2) is 18.2 Å². The number of aliphatic hydroxyl groups excluding tert-OH is 1. The second-order valence-corrected chi connectivity index (χ2v) is 4.81. The highest BCUT2D eigenvalue weighted by molar-refractivity contribution is 5.29. The number of benzene rings is 2. The summed E-state index contributed by atoms with van der Waals surface area (Å²) in [6, 6.07) is 17.6. The monoisotopic (exact) mass is 283 g/mol. The van der Waals surface area contributed by atoms with Gasteiger partial charge in [-0.15, -0.1) is 6.58 Å². The molecule has 3 nitrogen and oxygen atoms in total. The second-order valence-electron chi connectivity index (χ2n) is 4.81. The van der Waals surface area contributed by atoms with E-state index >= 15 is 0 Å². The van der Waals surface area contributed by atoms with Gasteiger partial charge in [0.25, 0.3) is 0 Å². The number of hydrogen-bond donors (Lipinski definition) is 2. The van der Waals surface area contributed by atoms with Gasteiger partial charge in [-0.05, 0) is 23.3 Å². The Kier molecular flexibility index (Phi) is 6.00. The number of aliphatic hydroxyl groups is 1. The highest BCUT2D eigenvalue weighted by Gasteiger charge is 2.06. The molecule has 0 aliphatic rings. The fourth-order valence-electron chi connectivity index (χ4n) is 1.97. The Morgan fingerprint density at radius 1 is 1.10 bits per heavy atom. The maximum Gasteiger partial charge on any atom is 0.119 e. The van der Waals surface area contributed by atoms with Gasteiger partial charge in [0.1, 0.15) is 12.4 Å². The maximum atomic E-state index is 10.0. The summed E-state index contributed by atoms with van der Waals surface area (Å²) in [5.74, 6) is 0.800. The molecular weight excluding hydrogens is 262 g/mol. The average molecular weight is 283 g/mol. The third-order valence-electron chi connectivity index (χ3n) is 3.14. The highest BCUT2D eigenvalue weighted by Crippen LogP contribution is 2.18. The molecule has 3 heteroatoms. The Hall–Kier alpha value is -2.10. The summed E-state index contributed by atoms with van der Waals surface area (Å²) < 4.78 is 5.71. The highest BCUT2D eigenvalue weighted by atomic mass is 16.5. The Morgan fingerprint density at radius 3 is 2.48 bits per heavy atom. The molecule has 0 radical (unpaired) electrons. The van der Waals surface area contributed by atoms with Crippen molar-refractivity contribution in [1.82, 2.24) is 5.32 Å². The molecule has 0 saturated heterocycles. The molecule has 1 atom stereocenters. The van der Waals surface area contributed by atoms with Gasteiger partial charge in [-0.3, -0.25) is 0 Å². The lowest BCUT2D eigenvalue weighted by atomic mass is 10.1. The van der Waals surface area contributed by atoms with Crippen molar-refractivity contribution < 1.29 is 9.84 Å². The minimum Gasteiger partial charge on any atom is -0.489 e. The van der Waals surface area contributed by atoms with Gasteiger partial charge in [0.2, 0.25) is 0 Å². The largest absolute Gasteiger partial charge is 0.489 e. The Labute approximate surface area is 125 Å². The van der Waals surface area contributed by atoms with E-state index in [2.05, 4.69) is 11.9 Å². The van der Waals surface area contributed by atoms with Crippen molar-refractivity contribution in [2.45, 2.75) is 12.7 Å². The minimum atomic E-state index is -0.520. The molecule has 0 heterocycles. The zero-order valence-corrected chi connectivity index (χ0v) is 12.0. The first-order chi connectivity index (χ1) is 10.3. The summed E-state index contributed by atoms with van der Waals surface area (Å²) >= 11 is 0. The Bertz CT molecular complexity index is 537. The van der Waals surface area contributed by atoms with Crippen molar-refractivity contribution in [2.75, 3.05) is 13.1 Å². The second kappa shape index (κ2) is 8.25. The molecule has 0 bridgehead atoms. The molecule has 21 heavy (non-hydrogen) atoms. The van der Waals surface area contributed by atoms with Gasteiger partial charge in [0, 0.05) is 13.1 Å². The summed E-state index contributed by atoms with van der Waals surface area (Å²) in [7, 11) is 0.